The lowest BCUT2D eigenvalue weighted by Crippen LogP contribution is -2.26. The van der Waals surface area contributed by atoms with Crippen LogP contribution in [-0.4, -0.2) is 32.8 Å². The maximum absolute atomic E-state index is 11.6. The zero-order valence-corrected chi connectivity index (χ0v) is 11.2. The molecule has 0 fully saturated rings. The van der Waals surface area contributed by atoms with Crippen LogP contribution in [0.2, 0.25) is 0 Å². The van der Waals surface area contributed by atoms with Crippen LogP contribution in [0.4, 0.5) is 0 Å². The third-order valence-electron chi connectivity index (χ3n) is 2.37. The first-order valence-corrected chi connectivity index (χ1v) is 7.39. The van der Waals surface area contributed by atoms with Gasteiger partial charge in [-0.25, -0.2) is 18.1 Å². The highest BCUT2D eigenvalue weighted by molar-refractivity contribution is 7.89. The minimum absolute atomic E-state index is 0.105. The van der Waals surface area contributed by atoms with Crippen molar-refractivity contribution in [1.82, 2.24) is 9.71 Å². The molecule has 1 rings (SSSR count). The van der Waals surface area contributed by atoms with E-state index in [-0.39, 0.29) is 12.3 Å². The smallest absolute Gasteiger partial charge is 0.212 e. The molecule has 0 amide bonds. The Morgan fingerprint density at radius 3 is 2.72 bits per heavy atom. The second kappa shape index (κ2) is 7.30. The van der Waals surface area contributed by atoms with Crippen LogP contribution in [0.15, 0.2) is 18.3 Å². The summed E-state index contributed by atoms with van der Waals surface area (Å²) in [7, 11) is -1.70. The predicted octanol–water partition coefficient (Wildman–Crippen LogP) is 0.249. The average molecular weight is 273 g/mol. The molecule has 0 saturated carbocycles. The van der Waals surface area contributed by atoms with Gasteiger partial charge < -0.3 is 10.5 Å². The first-order valence-electron chi connectivity index (χ1n) is 5.74. The quantitative estimate of drug-likeness (QED) is 0.662. The number of aromatic nitrogens is 1. The number of hydrogen-bond acceptors (Lipinski definition) is 5. The Balaban J connectivity index is 2.43. The van der Waals surface area contributed by atoms with Gasteiger partial charge >= 0.3 is 0 Å². The van der Waals surface area contributed by atoms with Gasteiger partial charge in [0, 0.05) is 18.8 Å². The van der Waals surface area contributed by atoms with E-state index in [2.05, 4.69) is 9.71 Å². The molecular weight excluding hydrogens is 254 g/mol. The fourth-order valence-corrected chi connectivity index (χ4v) is 2.45. The Kier molecular flexibility index (Phi) is 6.03. The second-order valence-electron chi connectivity index (χ2n) is 3.84. The normalized spacial score (nSPS) is 11.4. The van der Waals surface area contributed by atoms with Gasteiger partial charge in [0.1, 0.15) is 0 Å². The molecule has 0 unspecified atom stereocenters. The van der Waals surface area contributed by atoms with Crippen LogP contribution in [0.5, 0.6) is 5.88 Å². The molecular formula is C11H19N3O3S. The van der Waals surface area contributed by atoms with E-state index in [9.17, 15) is 8.42 Å². The molecule has 102 valence electrons. The SMILES string of the molecule is COc1ccc(CNS(=O)(=O)CCCCN)cn1. The van der Waals surface area contributed by atoms with Crippen molar-refractivity contribution < 1.29 is 13.2 Å². The van der Waals surface area contributed by atoms with Gasteiger partial charge in [-0.2, -0.15) is 0 Å². The molecule has 1 aromatic rings. The largest absolute Gasteiger partial charge is 0.481 e. The summed E-state index contributed by atoms with van der Waals surface area (Å²) in [5, 5.41) is 0. The van der Waals surface area contributed by atoms with Crippen molar-refractivity contribution in [2.24, 2.45) is 5.73 Å². The highest BCUT2D eigenvalue weighted by Crippen LogP contribution is 2.06. The first-order chi connectivity index (χ1) is 8.57. The topological polar surface area (TPSA) is 94.3 Å². The molecule has 7 heteroatoms. The summed E-state index contributed by atoms with van der Waals surface area (Å²) in [6.07, 6.45) is 2.87. The van der Waals surface area contributed by atoms with E-state index in [4.69, 9.17) is 10.5 Å². The summed E-state index contributed by atoms with van der Waals surface area (Å²) in [5.74, 6) is 0.609. The number of hydrogen-bond donors (Lipinski definition) is 2. The van der Waals surface area contributed by atoms with Crippen LogP contribution in [0.3, 0.4) is 0 Å². The van der Waals surface area contributed by atoms with E-state index in [1.54, 1.807) is 18.3 Å². The maximum Gasteiger partial charge on any atom is 0.212 e. The molecule has 18 heavy (non-hydrogen) atoms. The van der Waals surface area contributed by atoms with Crippen LogP contribution >= 0.6 is 0 Å². The van der Waals surface area contributed by atoms with Gasteiger partial charge in [0.15, 0.2) is 0 Å². The summed E-state index contributed by atoms with van der Waals surface area (Å²) in [6, 6.07) is 3.46. The Morgan fingerprint density at radius 2 is 2.17 bits per heavy atom. The fourth-order valence-electron chi connectivity index (χ4n) is 1.34. The van der Waals surface area contributed by atoms with Crippen molar-refractivity contribution in [3.63, 3.8) is 0 Å². The van der Waals surface area contributed by atoms with E-state index in [0.29, 0.717) is 25.3 Å². The minimum atomic E-state index is -3.23. The van der Waals surface area contributed by atoms with Crippen LogP contribution in [-0.2, 0) is 16.6 Å². The molecule has 1 aromatic heterocycles. The Morgan fingerprint density at radius 1 is 1.39 bits per heavy atom. The number of rotatable bonds is 8. The highest BCUT2D eigenvalue weighted by atomic mass is 32.2. The number of nitrogens with zero attached hydrogens (tertiary/aromatic N) is 1. The predicted molar refractivity (Wildman–Crippen MR) is 69.7 cm³/mol. The average Bonchev–Trinajstić information content (AvgIpc) is 2.37. The molecule has 0 saturated heterocycles. The summed E-state index contributed by atoms with van der Waals surface area (Å²) in [6.45, 7) is 0.750. The van der Waals surface area contributed by atoms with Crippen LogP contribution in [0.1, 0.15) is 18.4 Å². The van der Waals surface area contributed by atoms with Gasteiger partial charge in [0.05, 0.1) is 12.9 Å². The molecule has 0 atom stereocenters. The number of nitrogens with two attached hydrogens (primary N) is 1. The van der Waals surface area contributed by atoms with Crippen molar-refractivity contribution in [2.45, 2.75) is 19.4 Å². The Hall–Kier alpha value is -1.18. The van der Waals surface area contributed by atoms with Crippen LogP contribution in [0, 0.1) is 0 Å². The van der Waals surface area contributed by atoms with Gasteiger partial charge in [-0.15, -0.1) is 0 Å². The van der Waals surface area contributed by atoms with Crippen LogP contribution < -0.4 is 15.2 Å². The van der Waals surface area contributed by atoms with E-state index in [1.807, 2.05) is 0 Å². The Labute approximate surface area is 108 Å². The number of ether oxygens (including phenoxy) is 1. The lowest BCUT2D eigenvalue weighted by Gasteiger charge is -2.06. The first kappa shape index (κ1) is 14.9. The van der Waals surface area contributed by atoms with E-state index in [0.717, 1.165) is 5.56 Å². The molecule has 3 N–H and O–H groups in total. The number of nitrogens with one attached hydrogen (secondary N) is 1. The minimum Gasteiger partial charge on any atom is -0.481 e. The molecule has 0 bridgehead atoms. The molecule has 0 aliphatic rings. The summed E-state index contributed by atoms with van der Waals surface area (Å²) in [4.78, 5) is 4.00. The van der Waals surface area contributed by atoms with Gasteiger partial charge in [-0.1, -0.05) is 6.07 Å². The zero-order chi connectivity index (χ0) is 13.4. The molecule has 0 spiro atoms. The number of sulfonamides is 1. The maximum atomic E-state index is 11.6. The van der Waals surface area contributed by atoms with Gasteiger partial charge in [-0.05, 0) is 24.9 Å². The Bertz CT molecular complexity index is 445. The lowest BCUT2D eigenvalue weighted by atomic mass is 10.3. The summed E-state index contributed by atoms with van der Waals surface area (Å²) < 4.78 is 30.7. The van der Waals surface area contributed by atoms with E-state index >= 15 is 0 Å². The second-order valence-corrected chi connectivity index (χ2v) is 5.77. The monoisotopic (exact) mass is 273 g/mol. The highest BCUT2D eigenvalue weighted by Gasteiger charge is 2.09. The molecule has 1 heterocycles. The number of unbranched alkanes of at least 4 members (excludes halogenated alkanes) is 1. The summed E-state index contributed by atoms with van der Waals surface area (Å²) >= 11 is 0. The third kappa shape index (κ3) is 5.44. The molecule has 0 aromatic carbocycles. The van der Waals surface area contributed by atoms with Crippen molar-refractivity contribution >= 4 is 10.0 Å². The van der Waals surface area contributed by atoms with Gasteiger partial charge in [-0.3, -0.25) is 0 Å². The summed E-state index contributed by atoms with van der Waals surface area (Å²) in [5.41, 5.74) is 6.10. The van der Waals surface area contributed by atoms with Crippen molar-refractivity contribution in [3.05, 3.63) is 23.9 Å². The van der Waals surface area contributed by atoms with Crippen molar-refractivity contribution in [2.75, 3.05) is 19.4 Å². The number of pyridine rings is 1. The van der Waals surface area contributed by atoms with Gasteiger partial charge in [0.25, 0.3) is 0 Å². The number of methoxy groups -OCH3 is 1. The fraction of sp³-hybridized carbons (Fsp3) is 0.545. The molecule has 0 aliphatic carbocycles. The lowest BCUT2D eigenvalue weighted by molar-refractivity contribution is 0.397. The molecule has 0 aliphatic heterocycles. The van der Waals surface area contributed by atoms with Crippen molar-refractivity contribution in [1.29, 1.82) is 0 Å². The molecule has 6 nitrogen and oxygen atoms in total. The third-order valence-corrected chi connectivity index (χ3v) is 3.78. The van der Waals surface area contributed by atoms with Crippen LogP contribution in [0.25, 0.3) is 0 Å². The molecule has 0 radical (unpaired) electrons. The standard InChI is InChI=1S/C11H19N3O3S/c1-17-11-5-4-10(8-13-11)9-14-18(15,16)7-3-2-6-12/h4-5,8,14H,2-3,6-7,9,12H2,1H3. The van der Waals surface area contributed by atoms with E-state index in [1.165, 1.54) is 7.11 Å². The van der Waals surface area contributed by atoms with Crippen molar-refractivity contribution in [3.8, 4) is 5.88 Å². The van der Waals surface area contributed by atoms with Gasteiger partial charge in [0.2, 0.25) is 15.9 Å². The zero-order valence-electron chi connectivity index (χ0n) is 10.4. The van der Waals surface area contributed by atoms with E-state index < -0.39 is 10.0 Å².